The third kappa shape index (κ3) is 3.94. The zero-order valence-electron chi connectivity index (χ0n) is 13.3. The van der Waals surface area contributed by atoms with E-state index < -0.39 is 0 Å². The van der Waals surface area contributed by atoms with Gasteiger partial charge >= 0.3 is 0 Å². The minimum atomic E-state index is -0.151. The maximum absolute atomic E-state index is 12.0. The maximum atomic E-state index is 12.0. The number of pyridine rings is 1. The molecule has 1 amide bonds. The highest BCUT2D eigenvalue weighted by atomic mass is 16.5. The molecule has 0 saturated carbocycles. The summed E-state index contributed by atoms with van der Waals surface area (Å²) >= 11 is 0. The lowest BCUT2D eigenvalue weighted by Crippen LogP contribution is -2.38. The summed E-state index contributed by atoms with van der Waals surface area (Å²) in [6, 6.07) is 3.90. The van der Waals surface area contributed by atoms with Crippen molar-refractivity contribution < 1.29 is 9.53 Å². The van der Waals surface area contributed by atoms with Crippen LogP contribution < -0.4 is 10.2 Å². The number of aromatic nitrogens is 1. The van der Waals surface area contributed by atoms with E-state index in [9.17, 15) is 4.79 Å². The summed E-state index contributed by atoms with van der Waals surface area (Å²) in [4.78, 5) is 18.6. The van der Waals surface area contributed by atoms with E-state index in [1.54, 1.807) is 19.3 Å². The quantitative estimate of drug-likeness (QED) is 0.924. The second-order valence-corrected chi connectivity index (χ2v) is 6.37. The zero-order chi connectivity index (χ0) is 15.5. The molecule has 2 rings (SSSR count). The van der Waals surface area contributed by atoms with Crippen LogP contribution in [0, 0.1) is 0 Å². The Balaban J connectivity index is 2.18. The SMILES string of the molecule is CNC(=O)c1cccnc1N1CCC[C@@H]1COC(C)(C)C. The van der Waals surface area contributed by atoms with Gasteiger partial charge in [-0.15, -0.1) is 0 Å². The molecule has 5 nitrogen and oxygen atoms in total. The third-order valence-electron chi connectivity index (χ3n) is 3.62. The van der Waals surface area contributed by atoms with Gasteiger partial charge in [0, 0.05) is 19.8 Å². The number of rotatable bonds is 4. The number of hydrogen-bond donors (Lipinski definition) is 1. The monoisotopic (exact) mass is 291 g/mol. The molecule has 1 aliphatic heterocycles. The normalized spacial score (nSPS) is 18.9. The van der Waals surface area contributed by atoms with E-state index in [4.69, 9.17) is 4.74 Å². The first-order valence-corrected chi connectivity index (χ1v) is 7.50. The van der Waals surface area contributed by atoms with Crippen LogP contribution in [-0.4, -0.2) is 42.7 Å². The van der Waals surface area contributed by atoms with Crippen LogP contribution in [0.15, 0.2) is 18.3 Å². The van der Waals surface area contributed by atoms with Crippen molar-refractivity contribution in [3.8, 4) is 0 Å². The molecular formula is C16H25N3O2. The van der Waals surface area contributed by atoms with Gasteiger partial charge in [-0.25, -0.2) is 4.98 Å². The van der Waals surface area contributed by atoms with E-state index in [-0.39, 0.29) is 17.6 Å². The summed E-state index contributed by atoms with van der Waals surface area (Å²) in [7, 11) is 1.64. The fourth-order valence-corrected chi connectivity index (χ4v) is 2.57. The highest BCUT2D eigenvalue weighted by Crippen LogP contribution is 2.27. The summed E-state index contributed by atoms with van der Waals surface area (Å²) in [5.74, 6) is 0.664. The Morgan fingerprint density at radius 2 is 2.29 bits per heavy atom. The standard InChI is InChI=1S/C16H25N3O2/c1-16(2,3)21-11-12-7-6-10-19(12)14-13(15(20)17-4)8-5-9-18-14/h5,8-9,12H,6-7,10-11H2,1-4H3,(H,17,20)/t12-/m1/s1. The number of carbonyl (C=O) groups excluding carboxylic acids is 1. The molecule has 1 fully saturated rings. The van der Waals surface area contributed by atoms with Crippen molar-refractivity contribution in [2.24, 2.45) is 0 Å². The Morgan fingerprint density at radius 1 is 1.52 bits per heavy atom. The van der Waals surface area contributed by atoms with Crippen molar-refractivity contribution in [2.75, 3.05) is 25.1 Å². The summed E-state index contributed by atoms with van der Waals surface area (Å²) in [5, 5.41) is 2.68. The fraction of sp³-hybridized carbons (Fsp3) is 0.625. The van der Waals surface area contributed by atoms with E-state index in [1.807, 2.05) is 6.07 Å². The van der Waals surface area contributed by atoms with Crippen LogP contribution in [0.5, 0.6) is 0 Å². The molecule has 1 aromatic rings. The lowest BCUT2D eigenvalue weighted by atomic mass is 10.1. The number of nitrogens with one attached hydrogen (secondary N) is 1. The van der Waals surface area contributed by atoms with Gasteiger partial charge in [-0.2, -0.15) is 0 Å². The van der Waals surface area contributed by atoms with E-state index >= 15 is 0 Å². The van der Waals surface area contributed by atoms with Gasteiger partial charge in [0.05, 0.1) is 23.8 Å². The van der Waals surface area contributed by atoms with E-state index in [2.05, 4.69) is 36.0 Å². The van der Waals surface area contributed by atoms with Gasteiger partial charge in [-0.3, -0.25) is 4.79 Å². The number of anilines is 1. The number of amides is 1. The van der Waals surface area contributed by atoms with Crippen LogP contribution >= 0.6 is 0 Å². The topological polar surface area (TPSA) is 54.5 Å². The molecule has 0 radical (unpaired) electrons. The molecule has 21 heavy (non-hydrogen) atoms. The van der Waals surface area contributed by atoms with Crippen molar-refractivity contribution in [3.05, 3.63) is 23.9 Å². The molecule has 2 heterocycles. The number of carbonyl (C=O) groups is 1. The van der Waals surface area contributed by atoms with Crippen molar-refractivity contribution in [3.63, 3.8) is 0 Å². The largest absolute Gasteiger partial charge is 0.374 e. The average molecular weight is 291 g/mol. The molecule has 116 valence electrons. The van der Waals surface area contributed by atoms with E-state index in [0.717, 1.165) is 25.2 Å². The van der Waals surface area contributed by atoms with Crippen molar-refractivity contribution in [1.29, 1.82) is 0 Å². The Labute approximate surface area is 126 Å². The van der Waals surface area contributed by atoms with Gasteiger partial charge in [0.1, 0.15) is 5.82 Å². The molecule has 1 N–H and O–H groups in total. The Kier molecular flexibility index (Phi) is 4.83. The smallest absolute Gasteiger partial charge is 0.254 e. The van der Waals surface area contributed by atoms with Crippen LogP contribution in [-0.2, 0) is 4.74 Å². The maximum Gasteiger partial charge on any atom is 0.254 e. The Morgan fingerprint density at radius 3 is 2.95 bits per heavy atom. The molecule has 0 aromatic carbocycles. The summed E-state index contributed by atoms with van der Waals surface area (Å²) in [6.07, 6.45) is 3.91. The molecular weight excluding hydrogens is 266 g/mol. The van der Waals surface area contributed by atoms with Crippen LogP contribution in [0.25, 0.3) is 0 Å². The molecule has 1 atom stereocenters. The van der Waals surface area contributed by atoms with Crippen molar-refractivity contribution >= 4 is 11.7 Å². The third-order valence-corrected chi connectivity index (χ3v) is 3.62. The first kappa shape index (κ1) is 15.8. The summed E-state index contributed by atoms with van der Waals surface area (Å²) in [5.41, 5.74) is 0.477. The van der Waals surface area contributed by atoms with Gasteiger partial charge in [0.2, 0.25) is 0 Å². The Bertz CT molecular complexity index is 497. The molecule has 0 aliphatic carbocycles. The first-order valence-electron chi connectivity index (χ1n) is 7.50. The Hall–Kier alpha value is -1.62. The van der Waals surface area contributed by atoms with Gasteiger partial charge in [-0.05, 0) is 45.7 Å². The summed E-state index contributed by atoms with van der Waals surface area (Å²) in [6.45, 7) is 7.75. The predicted octanol–water partition coefficient (Wildman–Crippen LogP) is 2.23. The number of ether oxygens (including phenoxy) is 1. The number of hydrogen-bond acceptors (Lipinski definition) is 4. The average Bonchev–Trinajstić information content (AvgIpc) is 2.92. The summed E-state index contributed by atoms with van der Waals surface area (Å²) < 4.78 is 5.92. The van der Waals surface area contributed by atoms with E-state index in [1.165, 1.54) is 0 Å². The van der Waals surface area contributed by atoms with Gasteiger partial charge in [-0.1, -0.05) is 0 Å². The highest BCUT2D eigenvalue weighted by molar-refractivity contribution is 5.98. The van der Waals surface area contributed by atoms with Gasteiger partial charge < -0.3 is 15.0 Å². The van der Waals surface area contributed by atoms with Crippen LogP contribution in [0.4, 0.5) is 5.82 Å². The van der Waals surface area contributed by atoms with Crippen LogP contribution in [0.2, 0.25) is 0 Å². The molecule has 1 aromatic heterocycles. The van der Waals surface area contributed by atoms with E-state index in [0.29, 0.717) is 12.2 Å². The van der Waals surface area contributed by atoms with Gasteiger partial charge in [0.25, 0.3) is 5.91 Å². The molecule has 0 unspecified atom stereocenters. The zero-order valence-corrected chi connectivity index (χ0v) is 13.3. The minimum absolute atomic E-state index is 0.0968. The minimum Gasteiger partial charge on any atom is -0.374 e. The molecule has 1 saturated heterocycles. The second-order valence-electron chi connectivity index (χ2n) is 6.37. The van der Waals surface area contributed by atoms with Crippen molar-refractivity contribution in [2.45, 2.75) is 45.3 Å². The van der Waals surface area contributed by atoms with Gasteiger partial charge in [0.15, 0.2) is 0 Å². The predicted molar refractivity (Wildman–Crippen MR) is 83.7 cm³/mol. The van der Waals surface area contributed by atoms with Crippen LogP contribution in [0.1, 0.15) is 44.0 Å². The lowest BCUT2D eigenvalue weighted by molar-refractivity contribution is -0.00942. The molecule has 0 spiro atoms. The van der Waals surface area contributed by atoms with Crippen LogP contribution in [0.3, 0.4) is 0 Å². The fourth-order valence-electron chi connectivity index (χ4n) is 2.57. The molecule has 5 heteroatoms. The molecule has 1 aliphatic rings. The number of nitrogens with zero attached hydrogens (tertiary/aromatic N) is 2. The first-order chi connectivity index (χ1) is 9.92. The highest BCUT2D eigenvalue weighted by Gasteiger charge is 2.29. The second kappa shape index (κ2) is 6.43. The lowest BCUT2D eigenvalue weighted by Gasteiger charge is -2.30. The van der Waals surface area contributed by atoms with Crippen molar-refractivity contribution in [1.82, 2.24) is 10.3 Å². The molecule has 0 bridgehead atoms.